The van der Waals surface area contributed by atoms with E-state index in [9.17, 15) is 28.8 Å². The zero-order chi connectivity index (χ0) is 43.0. The van der Waals surface area contributed by atoms with E-state index in [1.807, 2.05) is 81.2 Å². The van der Waals surface area contributed by atoms with Crippen molar-refractivity contribution in [1.82, 2.24) is 26.2 Å². The fourth-order valence-electron chi connectivity index (χ4n) is 4.55. The molecule has 14 heteroatoms. The van der Waals surface area contributed by atoms with E-state index in [1.54, 1.807) is 0 Å². The van der Waals surface area contributed by atoms with E-state index in [4.69, 9.17) is 5.73 Å². The molecule has 3 unspecified atom stereocenters. The first kappa shape index (κ1) is 59.8. The van der Waals surface area contributed by atoms with Crippen molar-refractivity contribution in [2.24, 2.45) is 23.0 Å². The topological polar surface area (TPSA) is 180 Å². The number of Topliss-reactive ketones (excluding diaryl/α,β-unsaturated/α-hetero) is 1. The Labute approximate surface area is 334 Å². The van der Waals surface area contributed by atoms with Gasteiger partial charge in [0.25, 0.3) is 5.91 Å². The number of halogens is 2. The number of aldehydes is 1. The number of nitrogens with two attached hydrogens (primary N) is 1. The molecule has 1 saturated carbocycles. The normalized spacial score (nSPS) is 15.8. The van der Waals surface area contributed by atoms with E-state index in [2.05, 4.69) is 65.2 Å². The van der Waals surface area contributed by atoms with Crippen LogP contribution in [0.2, 0.25) is 0 Å². The van der Waals surface area contributed by atoms with Gasteiger partial charge in [-0.05, 0) is 77.3 Å². The molecule has 0 aromatic rings. The molecule has 3 atom stereocenters. The number of hydrogen-bond acceptors (Lipinski definition) is 7. The Balaban J connectivity index is -0.000000224. The Morgan fingerprint density at radius 3 is 1.68 bits per heavy atom. The number of urea groups is 1. The van der Waals surface area contributed by atoms with Crippen molar-refractivity contribution < 1.29 is 28.8 Å². The predicted octanol–water partition coefficient (Wildman–Crippen LogP) is 6.83. The van der Waals surface area contributed by atoms with E-state index >= 15 is 0 Å². The number of carbonyl (C=O) groups is 6. The quantitative estimate of drug-likeness (QED) is 0.0816. The first-order valence-electron chi connectivity index (χ1n) is 19.1. The van der Waals surface area contributed by atoms with Gasteiger partial charge < -0.3 is 31.8 Å². The fraction of sp³-hybridized carbons (Fsp3) is 0.846. The summed E-state index contributed by atoms with van der Waals surface area (Å²) in [4.78, 5) is 71.4. The van der Waals surface area contributed by atoms with Gasteiger partial charge in [-0.2, -0.15) is 0 Å². The predicted molar refractivity (Wildman–Crippen MR) is 223 cm³/mol. The lowest BCUT2D eigenvalue weighted by Crippen LogP contribution is -2.51. The third-order valence-electron chi connectivity index (χ3n) is 7.29. The van der Waals surface area contributed by atoms with Crippen LogP contribution in [0.4, 0.5) is 4.79 Å². The van der Waals surface area contributed by atoms with Gasteiger partial charge in [0.1, 0.15) is 6.29 Å². The first-order chi connectivity index (χ1) is 24.7. The van der Waals surface area contributed by atoms with Gasteiger partial charge in [-0.15, -0.1) is 23.2 Å². The number of primary amides is 1. The highest BCUT2D eigenvalue weighted by atomic mass is 35.5. The molecule has 0 aromatic heterocycles. The highest BCUT2D eigenvalue weighted by Crippen LogP contribution is 2.31. The van der Waals surface area contributed by atoms with E-state index in [0.29, 0.717) is 18.6 Å². The summed E-state index contributed by atoms with van der Waals surface area (Å²) in [6, 6.07) is -1.96. The van der Waals surface area contributed by atoms with Crippen LogP contribution in [-0.4, -0.2) is 97.3 Å². The SMILES string of the molecule is CC.CC.CC(C)(C)NC(=O)CCNC(=O)NC(C=O)C(C)(C)C.CC(C)C.CCl.CCl.CN1CCCC1C(=O)NC(CCC1CCC1)C(=O)C(N)=O. The summed E-state index contributed by atoms with van der Waals surface area (Å²) in [6.45, 7) is 26.9. The highest BCUT2D eigenvalue weighted by molar-refractivity contribution is 6.37. The van der Waals surface area contributed by atoms with Crippen LogP contribution in [0.25, 0.3) is 0 Å². The van der Waals surface area contributed by atoms with Crippen LogP contribution in [0.1, 0.15) is 141 Å². The summed E-state index contributed by atoms with van der Waals surface area (Å²) < 4.78 is 0. The molecule has 2 rings (SSSR count). The van der Waals surface area contributed by atoms with Crippen LogP contribution < -0.4 is 27.0 Å². The second-order valence-electron chi connectivity index (χ2n) is 15.0. The molecule has 1 aliphatic heterocycles. The van der Waals surface area contributed by atoms with Gasteiger partial charge in [-0.25, -0.2) is 4.79 Å². The molecule has 12 nitrogen and oxygen atoms in total. The number of amides is 5. The molecule has 6 N–H and O–H groups in total. The molecule has 1 saturated heterocycles. The minimum absolute atomic E-state index is 0.124. The number of likely N-dealkylation sites (tertiary alicyclic amines) is 1. The van der Waals surface area contributed by atoms with Crippen molar-refractivity contribution in [3.05, 3.63) is 0 Å². The number of alkyl halides is 2. The number of carbonyl (C=O) groups excluding carboxylic acids is 6. The van der Waals surface area contributed by atoms with Gasteiger partial charge in [-0.1, -0.05) is 88.5 Å². The molecule has 316 valence electrons. The molecule has 1 heterocycles. The first-order valence-corrected chi connectivity index (χ1v) is 20.6. The summed E-state index contributed by atoms with van der Waals surface area (Å²) in [5.41, 5.74) is 4.47. The van der Waals surface area contributed by atoms with Crippen molar-refractivity contribution >= 4 is 59.0 Å². The summed E-state index contributed by atoms with van der Waals surface area (Å²) >= 11 is 9.28. The zero-order valence-corrected chi connectivity index (χ0v) is 37.8. The van der Waals surface area contributed by atoms with Crippen LogP contribution in [0.5, 0.6) is 0 Å². The number of hydrogen-bond donors (Lipinski definition) is 5. The van der Waals surface area contributed by atoms with Crippen molar-refractivity contribution in [3.8, 4) is 0 Å². The lowest BCUT2D eigenvalue weighted by Gasteiger charge is -2.28. The van der Waals surface area contributed by atoms with Crippen LogP contribution in [-0.2, 0) is 24.0 Å². The maximum absolute atomic E-state index is 12.3. The third-order valence-corrected chi connectivity index (χ3v) is 7.29. The molecule has 0 bridgehead atoms. The lowest BCUT2D eigenvalue weighted by molar-refractivity contribution is -0.139. The van der Waals surface area contributed by atoms with Crippen LogP contribution >= 0.6 is 23.2 Å². The summed E-state index contributed by atoms with van der Waals surface area (Å²) in [6.07, 6.45) is 10.6. The number of ketones is 1. The van der Waals surface area contributed by atoms with Crippen molar-refractivity contribution in [1.29, 1.82) is 0 Å². The summed E-state index contributed by atoms with van der Waals surface area (Å²) in [5, 5.41) is 10.7. The molecule has 0 aromatic carbocycles. The molecular formula is C39H80Cl2N6O6. The van der Waals surface area contributed by atoms with Crippen molar-refractivity contribution in [3.63, 3.8) is 0 Å². The third kappa shape index (κ3) is 33.8. The molecule has 53 heavy (non-hydrogen) atoms. The summed E-state index contributed by atoms with van der Waals surface area (Å²) in [7, 11) is 1.90. The average Bonchev–Trinajstić information content (AvgIpc) is 3.50. The maximum atomic E-state index is 12.3. The Hall–Kier alpha value is -2.44. The highest BCUT2D eigenvalue weighted by Gasteiger charge is 2.33. The van der Waals surface area contributed by atoms with Crippen LogP contribution in [0.15, 0.2) is 0 Å². The number of likely N-dealkylation sites (N-methyl/N-ethyl adjacent to an activating group) is 1. The summed E-state index contributed by atoms with van der Waals surface area (Å²) in [5.74, 6) is -0.472. The average molecular weight is 800 g/mol. The molecule has 2 fully saturated rings. The van der Waals surface area contributed by atoms with Crippen molar-refractivity contribution in [2.75, 3.05) is 32.9 Å². The van der Waals surface area contributed by atoms with Crippen molar-refractivity contribution in [2.45, 2.75) is 165 Å². The largest absolute Gasteiger partial charge is 0.363 e. The Morgan fingerprint density at radius 1 is 0.849 bits per heavy atom. The Kier molecular flexibility index (Phi) is 39.8. The monoisotopic (exact) mass is 799 g/mol. The molecule has 1 aliphatic carbocycles. The Bertz CT molecular complexity index is 980. The van der Waals surface area contributed by atoms with Gasteiger partial charge >= 0.3 is 6.03 Å². The smallest absolute Gasteiger partial charge is 0.315 e. The van der Waals surface area contributed by atoms with Crippen LogP contribution in [0.3, 0.4) is 0 Å². The fourth-order valence-corrected chi connectivity index (χ4v) is 4.55. The van der Waals surface area contributed by atoms with Crippen LogP contribution in [0, 0.1) is 17.3 Å². The molecule has 0 radical (unpaired) electrons. The lowest BCUT2D eigenvalue weighted by atomic mass is 9.81. The Morgan fingerprint density at radius 2 is 1.34 bits per heavy atom. The molecule has 2 aliphatic rings. The molecule has 5 amide bonds. The van der Waals surface area contributed by atoms with Gasteiger partial charge in [0.05, 0.1) is 18.1 Å². The van der Waals surface area contributed by atoms with Gasteiger partial charge in [0, 0.05) is 31.3 Å². The second kappa shape index (κ2) is 35.3. The number of rotatable bonds is 12. The van der Waals surface area contributed by atoms with Gasteiger partial charge in [0.15, 0.2) is 0 Å². The maximum Gasteiger partial charge on any atom is 0.315 e. The van der Waals surface area contributed by atoms with E-state index in [0.717, 1.165) is 31.7 Å². The van der Waals surface area contributed by atoms with E-state index < -0.39 is 29.8 Å². The van der Waals surface area contributed by atoms with E-state index in [-0.39, 0.29) is 41.8 Å². The molecular weight excluding hydrogens is 719 g/mol. The zero-order valence-electron chi connectivity index (χ0n) is 36.3. The molecule has 0 spiro atoms. The number of nitrogens with one attached hydrogen (secondary N) is 4. The van der Waals surface area contributed by atoms with E-state index in [1.165, 1.54) is 32.0 Å². The second-order valence-corrected chi connectivity index (χ2v) is 15.0. The minimum Gasteiger partial charge on any atom is -0.363 e. The van der Waals surface area contributed by atoms with Gasteiger partial charge in [-0.3, -0.25) is 24.1 Å². The van der Waals surface area contributed by atoms with Gasteiger partial charge in [0.2, 0.25) is 17.6 Å². The standard InChI is InChI=1S/C15H25N3O3.C14H27N3O3.C4H10.2C2H6.2CH3Cl/c1-18-9-3-6-12(18)15(21)17-11(13(19)14(16)20)8-7-10-4-2-5-10;1-13(2,3)10(9-18)16-12(20)15-8-7-11(19)17-14(4,5)6;1-4(2)3;4*1-2/h10-12H,2-9H2,1H3,(H2,16,20)(H,17,21);9-10H,7-8H2,1-6H3,(H,17,19)(H2,15,16,20);4H,1-3H3;2*1-2H3;2*1H3. The number of nitrogens with zero attached hydrogens (tertiary/aromatic N) is 1. The minimum atomic E-state index is -0.964.